The lowest BCUT2D eigenvalue weighted by Crippen LogP contribution is -2.33. The van der Waals surface area contributed by atoms with Crippen molar-refractivity contribution in [3.05, 3.63) is 41.9 Å². The van der Waals surface area contributed by atoms with E-state index in [0.29, 0.717) is 18.1 Å². The highest BCUT2D eigenvalue weighted by Crippen LogP contribution is 2.23. The highest BCUT2D eigenvalue weighted by molar-refractivity contribution is 5.98. The first-order valence-electron chi connectivity index (χ1n) is 8.43. The predicted octanol–water partition coefficient (Wildman–Crippen LogP) is 2.22. The summed E-state index contributed by atoms with van der Waals surface area (Å²) in [7, 11) is 0. The first-order chi connectivity index (χ1) is 11.8. The molecule has 0 atom stereocenters. The Balaban J connectivity index is 1.74. The van der Waals surface area contributed by atoms with E-state index in [1.165, 1.54) is 12.8 Å². The number of hydrogen-bond donors (Lipinski definition) is 1. The molecule has 3 aromatic rings. The molecule has 1 saturated heterocycles. The number of carbonyl (C=O) groups is 1. The molecule has 1 N–H and O–H groups in total. The van der Waals surface area contributed by atoms with Crippen LogP contribution >= 0.6 is 0 Å². The van der Waals surface area contributed by atoms with Gasteiger partial charge >= 0.3 is 0 Å². The van der Waals surface area contributed by atoms with Gasteiger partial charge in [-0.3, -0.25) is 4.79 Å². The maximum atomic E-state index is 13.1. The summed E-state index contributed by atoms with van der Waals surface area (Å²) in [6.07, 6.45) is 4.57. The summed E-state index contributed by atoms with van der Waals surface area (Å²) < 4.78 is 1.99. The van der Waals surface area contributed by atoms with Gasteiger partial charge in [-0.25, -0.2) is 0 Å². The SMILES string of the molecule is O=C(c1cc2ccccc2n1Cc1nn[nH]n1)N1CCCCCC1. The van der Waals surface area contributed by atoms with Crippen molar-refractivity contribution in [3.63, 3.8) is 0 Å². The fourth-order valence-electron chi connectivity index (χ4n) is 3.38. The van der Waals surface area contributed by atoms with E-state index in [-0.39, 0.29) is 5.91 Å². The zero-order valence-corrected chi connectivity index (χ0v) is 13.5. The van der Waals surface area contributed by atoms with Crippen molar-refractivity contribution in [3.8, 4) is 0 Å². The maximum Gasteiger partial charge on any atom is 0.270 e. The summed E-state index contributed by atoms with van der Waals surface area (Å²) in [5.41, 5.74) is 1.71. The summed E-state index contributed by atoms with van der Waals surface area (Å²) in [4.78, 5) is 15.1. The van der Waals surface area contributed by atoms with Gasteiger partial charge in [-0.1, -0.05) is 36.3 Å². The van der Waals surface area contributed by atoms with Crippen LogP contribution in [0.25, 0.3) is 10.9 Å². The quantitative estimate of drug-likeness (QED) is 0.801. The third kappa shape index (κ3) is 2.77. The fourth-order valence-corrected chi connectivity index (χ4v) is 3.38. The average molecular weight is 324 g/mol. The molecule has 0 spiro atoms. The summed E-state index contributed by atoms with van der Waals surface area (Å²) in [5.74, 6) is 0.665. The minimum absolute atomic E-state index is 0.0941. The molecule has 7 heteroatoms. The molecule has 0 saturated carbocycles. The third-order valence-corrected chi connectivity index (χ3v) is 4.61. The van der Waals surface area contributed by atoms with Gasteiger partial charge in [0.05, 0.1) is 6.54 Å². The highest BCUT2D eigenvalue weighted by Gasteiger charge is 2.22. The smallest absolute Gasteiger partial charge is 0.270 e. The fraction of sp³-hybridized carbons (Fsp3) is 0.412. The lowest BCUT2D eigenvalue weighted by atomic mass is 10.2. The van der Waals surface area contributed by atoms with Crippen LogP contribution in [-0.4, -0.2) is 49.1 Å². The Morgan fingerprint density at radius 3 is 2.67 bits per heavy atom. The molecule has 1 aliphatic rings. The van der Waals surface area contributed by atoms with Crippen LogP contribution in [0.3, 0.4) is 0 Å². The highest BCUT2D eigenvalue weighted by atomic mass is 16.2. The van der Waals surface area contributed by atoms with Gasteiger partial charge in [0.25, 0.3) is 5.91 Å². The number of likely N-dealkylation sites (tertiary alicyclic amines) is 1. The van der Waals surface area contributed by atoms with Crippen molar-refractivity contribution >= 4 is 16.8 Å². The molecule has 2 aromatic heterocycles. The Labute approximate surface area is 139 Å². The van der Waals surface area contributed by atoms with Crippen LogP contribution in [0, 0.1) is 0 Å². The molecule has 3 heterocycles. The minimum atomic E-state index is 0.0941. The van der Waals surface area contributed by atoms with E-state index < -0.39 is 0 Å². The predicted molar refractivity (Wildman–Crippen MR) is 89.6 cm³/mol. The first kappa shape index (κ1) is 14.9. The number of aromatic amines is 1. The molecule has 0 aliphatic carbocycles. The topological polar surface area (TPSA) is 79.7 Å². The van der Waals surface area contributed by atoms with E-state index in [1.807, 2.05) is 39.8 Å². The van der Waals surface area contributed by atoms with Gasteiger partial charge in [0, 0.05) is 24.0 Å². The van der Waals surface area contributed by atoms with E-state index in [9.17, 15) is 4.79 Å². The Bertz CT molecular complexity index is 830. The van der Waals surface area contributed by atoms with E-state index in [0.717, 1.165) is 36.8 Å². The molecule has 7 nitrogen and oxygen atoms in total. The van der Waals surface area contributed by atoms with Gasteiger partial charge < -0.3 is 9.47 Å². The number of para-hydroxylation sites is 1. The van der Waals surface area contributed by atoms with Gasteiger partial charge in [0.1, 0.15) is 5.69 Å². The van der Waals surface area contributed by atoms with E-state index >= 15 is 0 Å². The number of aromatic nitrogens is 5. The largest absolute Gasteiger partial charge is 0.337 e. The summed E-state index contributed by atoms with van der Waals surface area (Å²) in [6, 6.07) is 10.00. The number of benzene rings is 1. The standard InChI is InChI=1S/C17H20N6O/c24-17(22-9-5-1-2-6-10-22)15-11-13-7-3-4-8-14(13)23(15)12-16-18-20-21-19-16/h3-4,7-8,11H,1-2,5-6,9-10,12H2,(H,18,19,20,21). The number of fused-ring (bicyclic) bond motifs is 1. The zero-order chi connectivity index (χ0) is 16.4. The molecule has 1 amide bonds. The van der Waals surface area contributed by atoms with Gasteiger partial charge in [-0.15, -0.1) is 10.2 Å². The molecule has 124 valence electrons. The number of nitrogens with one attached hydrogen (secondary N) is 1. The van der Waals surface area contributed by atoms with Crippen molar-refractivity contribution in [2.24, 2.45) is 0 Å². The molecular weight excluding hydrogens is 304 g/mol. The molecule has 4 rings (SSSR count). The van der Waals surface area contributed by atoms with Gasteiger partial charge in [-0.2, -0.15) is 5.21 Å². The lowest BCUT2D eigenvalue weighted by molar-refractivity contribution is 0.0751. The summed E-state index contributed by atoms with van der Waals surface area (Å²) in [5, 5.41) is 15.2. The van der Waals surface area contributed by atoms with Crippen LogP contribution in [0.4, 0.5) is 0 Å². The number of nitrogens with zero attached hydrogens (tertiary/aromatic N) is 5. The van der Waals surface area contributed by atoms with Crippen molar-refractivity contribution < 1.29 is 4.79 Å². The molecular formula is C17H20N6O. The summed E-state index contributed by atoms with van der Waals surface area (Å²) >= 11 is 0. The Morgan fingerprint density at radius 1 is 1.12 bits per heavy atom. The van der Waals surface area contributed by atoms with Crippen LogP contribution < -0.4 is 0 Å². The monoisotopic (exact) mass is 324 g/mol. The minimum Gasteiger partial charge on any atom is -0.337 e. The van der Waals surface area contributed by atoms with Crippen molar-refractivity contribution in [2.45, 2.75) is 32.2 Å². The molecule has 1 aliphatic heterocycles. The maximum absolute atomic E-state index is 13.1. The molecule has 0 unspecified atom stereocenters. The van der Waals surface area contributed by atoms with Crippen LogP contribution in [0.5, 0.6) is 0 Å². The van der Waals surface area contributed by atoms with Crippen molar-refractivity contribution in [1.29, 1.82) is 0 Å². The zero-order valence-electron chi connectivity index (χ0n) is 13.5. The summed E-state index contributed by atoms with van der Waals surface area (Å²) in [6.45, 7) is 2.10. The molecule has 1 aromatic carbocycles. The van der Waals surface area contributed by atoms with Crippen molar-refractivity contribution in [1.82, 2.24) is 30.1 Å². The van der Waals surface area contributed by atoms with E-state index in [1.54, 1.807) is 0 Å². The second-order valence-electron chi connectivity index (χ2n) is 6.21. The Morgan fingerprint density at radius 2 is 1.92 bits per heavy atom. The van der Waals surface area contributed by atoms with Gasteiger partial charge in [0.15, 0.2) is 5.82 Å². The second kappa shape index (κ2) is 6.43. The van der Waals surface area contributed by atoms with Crippen LogP contribution in [0.1, 0.15) is 42.0 Å². The van der Waals surface area contributed by atoms with E-state index in [2.05, 4.69) is 20.6 Å². The van der Waals surface area contributed by atoms with Crippen molar-refractivity contribution in [2.75, 3.05) is 13.1 Å². The molecule has 0 radical (unpaired) electrons. The average Bonchev–Trinajstić information content (AvgIpc) is 3.15. The molecule has 1 fully saturated rings. The number of tetrazole rings is 1. The van der Waals surface area contributed by atoms with Crippen LogP contribution in [0.2, 0.25) is 0 Å². The molecule has 24 heavy (non-hydrogen) atoms. The first-order valence-corrected chi connectivity index (χ1v) is 8.43. The second-order valence-corrected chi connectivity index (χ2v) is 6.21. The van der Waals surface area contributed by atoms with Gasteiger partial charge in [-0.05, 0) is 25.0 Å². The number of carbonyl (C=O) groups excluding carboxylic acids is 1. The normalized spacial score (nSPS) is 15.6. The van der Waals surface area contributed by atoms with Crippen LogP contribution in [0.15, 0.2) is 30.3 Å². The van der Waals surface area contributed by atoms with Crippen LogP contribution in [-0.2, 0) is 6.54 Å². The Kier molecular flexibility index (Phi) is 3.98. The Hall–Kier alpha value is -2.70. The molecule has 0 bridgehead atoms. The number of H-pyrrole nitrogens is 1. The lowest BCUT2D eigenvalue weighted by Gasteiger charge is -2.21. The number of rotatable bonds is 3. The number of hydrogen-bond acceptors (Lipinski definition) is 4. The van der Waals surface area contributed by atoms with Gasteiger partial charge in [0.2, 0.25) is 0 Å². The number of amides is 1. The third-order valence-electron chi connectivity index (χ3n) is 4.61. The van der Waals surface area contributed by atoms with E-state index in [4.69, 9.17) is 0 Å².